The second-order valence-corrected chi connectivity index (χ2v) is 4.89. The first-order chi connectivity index (χ1) is 8.00. The van der Waals surface area contributed by atoms with Gasteiger partial charge in [0.15, 0.2) is 5.82 Å². The van der Waals surface area contributed by atoms with Gasteiger partial charge in [-0.15, -0.1) is 0 Å². The lowest BCUT2D eigenvalue weighted by Crippen LogP contribution is -1.95. The van der Waals surface area contributed by atoms with Gasteiger partial charge in [-0.25, -0.2) is 4.39 Å². The first-order valence-electron chi connectivity index (χ1n) is 4.86. The average Bonchev–Trinajstić information content (AvgIpc) is 2.28. The van der Waals surface area contributed by atoms with Crippen LogP contribution in [0, 0.1) is 12.7 Å². The first kappa shape index (κ1) is 12.3. The number of benzene rings is 1. The zero-order valence-electron chi connectivity index (χ0n) is 8.97. The molecule has 1 aromatic heterocycles. The second-order valence-electron chi connectivity index (χ2n) is 3.66. The fourth-order valence-electron chi connectivity index (χ4n) is 1.59. The minimum absolute atomic E-state index is 0.0560. The molecule has 2 aromatic rings. The molecule has 88 valence electrons. The summed E-state index contributed by atoms with van der Waals surface area (Å²) in [5.74, 6) is -0.485. The molecular weight excluding hydrogens is 307 g/mol. The number of rotatable bonds is 1. The number of anilines is 1. The summed E-state index contributed by atoms with van der Waals surface area (Å²) in [6.07, 6.45) is 1.50. The number of nitrogen functional groups attached to an aromatic ring is 1. The zero-order chi connectivity index (χ0) is 12.6. The fourth-order valence-corrected chi connectivity index (χ4v) is 2.06. The third kappa shape index (κ3) is 2.28. The van der Waals surface area contributed by atoms with E-state index in [4.69, 9.17) is 17.3 Å². The minimum atomic E-state index is -0.485. The molecule has 1 heterocycles. The van der Waals surface area contributed by atoms with Gasteiger partial charge in [0.05, 0.1) is 22.6 Å². The zero-order valence-corrected chi connectivity index (χ0v) is 11.3. The van der Waals surface area contributed by atoms with Gasteiger partial charge in [0.25, 0.3) is 0 Å². The molecule has 0 aliphatic rings. The smallest absolute Gasteiger partial charge is 0.152 e. The number of nitrogens with zero attached hydrogens (tertiary/aromatic N) is 1. The van der Waals surface area contributed by atoms with Crippen molar-refractivity contribution in [1.82, 2.24) is 4.98 Å². The Morgan fingerprint density at radius 2 is 2.12 bits per heavy atom. The quantitative estimate of drug-likeness (QED) is 0.801. The lowest BCUT2D eigenvalue weighted by molar-refractivity contribution is 0.630. The van der Waals surface area contributed by atoms with Crippen LogP contribution in [0.1, 0.15) is 5.56 Å². The van der Waals surface area contributed by atoms with Crippen molar-refractivity contribution in [2.24, 2.45) is 0 Å². The van der Waals surface area contributed by atoms with Gasteiger partial charge in [0.2, 0.25) is 0 Å². The predicted molar refractivity (Wildman–Crippen MR) is 71.5 cm³/mol. The molecule has 0 radical (unpaired) electrons. The van der Waals surface area contributed by atoms with Gasteiger partial charge in [-0.1, -0.05) is 11.6 Å². The van der Waals surface area contributed by atoms with Crippen LogP contribution in [0.4, 0.5) is 10.1 Å². The van der Waals surface area contributed by atoms with Crippen LogP contribution in [0.15, 0.2) is 28.9 Å². The van der Waals surface area contributed by atoms with E-state index in [1.54, 1.807) is 18.2 Å². The SMILES string of the molecule is Cc1cc(N)cnc1-c1ccc(Br)c(Cl)c1F. The number of halogens is 3. The number of aryl methyl sites for hydroxylation is 1. The lowest BCUT2D eigenvalue weighted by Gasteiger charge is -2.08. The van der Waals surface area contributed by atoms with Crippen LogP contribution in [-0.2, 0) is 0 Å². The van der Waals surface area contributed by atoms with E-state index in [0.29, 0.717) is 21.4 Å². The molecule has 0 spiro atoms. The van der Waals surface area contributed by atoms with Crippen LogP contribution in [-0.4, -0.2) is 4.98 Å². The molecule has 1 aromatic carbocycles. The summed E-state index contributed by atoms with van der Waals surface area (Å²) in [7, 11) is 0. The van der Waals surface area contributed by atoms with E-state index in [1.165, 1.54) is 6.20 Å². The Kier molecular flexibility index (Phi) is 3.35. The molecule has 2 rings (SSSR count). The Bertz CT molecular complexity index is 587. The molecule has 0 unspecified atom stereocenters. The summed E-state index contributed by atoms with van der Waals surface area (Å²) in [6.45, 7) is 1.83. The standard InChI is InChI=1S/C12H9BrClFN2/c1-6-4-7(16)5-17-12(6)8-2-3-9(13)10(14)11(8)15/h2-5H,16H2,1H3. The van der Waals surface area contributed by atoms with Crippen LogP contribution in [0.25, 0.3) is 11.3 Å². The molecule has 2 nitrogen and oxygen atoms in total. The number of nitrogens with two attached hydrogens (primary N) is 1. The molecule has 0 bridgehead atoms. The summed E-state index contributed by atoms with van der Waals surface area (Å²) in [5, 5.41) is 0.0560. The maximum atomic E-state index is 14.0. The molecule has 0 aliphatic heterocycles. The van der Waals surface area contributed by atoms with Crippen molar-refractivity contribution >= 4 is 33.2 Å². The third-order valence-electron chi connectivity index (χ3n) is 2.39. The Hall–Kier alpha value is -1.13. The number of aromatic nitrogens is 1. The molecule has 17 heavy (non-hydrogen) atoms. The number of pyridine rings is 1. The monoisotopic (exact) mass is 314 g/mol. The Morgan fingerprint density at radius 3 is 2.76 bits per heavy atom. The van der Waals surface area contributed by atoms with Gasteiger partial charge in [0, 0.05) is 10.0 Å². The highest BCUT2D eigenvalue weighted by Crippen LogP contribution is 2.33. The van der Waals surface area contributed by atoms with Crippen LogP contribution >= 0.6 is 27.5 Å². The molecule has 0 aliphatic carbocycles. The Balaban J connectivity index is 2.65. The van der Waals surface area contributed by atoms with Crippen molar-refractivity contribution in [2.75, 3.05) is 5.73 Å². The first-order valence-corrected chi connectivity index (χ1v) is 6.04. The summed E-state index contributed by atoms with van der Waals surface area (Å²) in [6, 6.07) is 5.08. The Morgan fingerprint density at radius 1 is 1.41 bits per heavy atom. The van der Waals surface area contributed by atoms with Gasteiger partial charge in [-0.2, -0.15) is 0 Å². The van der Waals surface area contributed by atoms with Crippen molar-refractivity contribution in [3.8, 4) is 11.3 Å². The van der Waals surface area contributed by atoms with Crippen LogP contribution in [0.3, 0.4) is 0 Å². The van der Waals surface area contributed by atoms with E-state index >= 15 is 0 Å². The minimum Gasteiger partial charge on any atom is -0.397 e. The van der Waals surface area contributed by atoms with Crippen LogP contribution in [0.5, 0.6) is 0 Å². The van der Waals surface area contributed by atoms with Gasteiger partial charge in [-0.3, -0.25) is 4.98 Å². The molecule has 0 atom stereocenters. The summed E-state index contributed by atoms with van der Waals surface area (Å²) in [4.78, 5) is 4.14. The fraction of sp³-hybridized carbons (Fsp3) is 0.0833. The highest BCUT2D eigenvalue weighted by Gasteiger charge is 2.14. The van der Waals surface area contributed by atoms with Crippen molar-refractivity contribution in [2.45, 2.75) is 6.92 Å². The highest BCUT2D eigenvalue weighted by molar-refractivity contribution is 9.10. The van der Waals surface area contributed by atoms with Crippen molar-refractivity contribution in [3.05, 3.63) is 45.3 Å². The van der Waals surface area contributed by atoms with Crippen LogP contribution in [0.2, 0.25) is 5.02 Å². The molecule has 5 heteroatoms. The molecule has 0 amide bonds. The van der Waals surface area contributed by atoms with Crippen molar-refractivity contribution < 1.29 is 4.39 Å². The summed E-state index contributed by atoms with van der Waals surface area (Å²) in [5.41, 5.74) is 7.88. The molecule has 0 fully saturated rings. The lowest BCUT2D eigenvalue weighted by atomic mass is 10.1. The van der Waals surface area contributed by atoms with Gasteiger partial charge >= 0.3 is 0 Å². The summed E-state index contributed by atoms with van der Waals surface area (Å²) < 4.78 is 14.5. The molecule has 0 saturated carbocycles. The number of hydrogen-bond acceptors (Lipinski definition) is 2. The molecular formula is C12H9BrClFN2. The van der Waals surface area contributed by atoms with E-state index < -0.39 is 5.82 Å². The van der Waals surface area contributed by atoms with E-state index in [2.05, 4.69) is 20.9 Å². The molecule has 2 N–H and O–H groups in total. The van der Waals surface area contributed by atoms with Gasteiger partial charge < -0.3 is 5.73 Å². The third-order valence-corrected chi connectivity index (χ3v) is 3.65. The number of hydrogen-bond donors (Lipinski definition) is 1. The van der Waals surface area contributed by atoms with E-state index in [1.807, 2.05) is 6.92 Å². The summed E-state index contributed by atoms with van der Waals surface area (Å²) >= 11 is 9.01. The molecule has 0 saturated heterocycles. The average molecular weight is 316 g/mol. The topological polar surface area (TPSA) is 38.9 Å². The predicted octanol–water partition coefficient (Wildman–Crippen LogP) is 4.19. The van der Waals surface area contributed by atoms with E-state index in [0.717, 1.165) is 5.56 Å². The maximum Gasteiger partial charge on any atom is 0.152 e. The maximum absolute atomic E-state index is 14.0. The Labute approximate surface area is 112 Å². The van der Waals surface area contributed by atoms with Gasteiger partial charge in [0.1, 0.15) is 0 Å². The van der Waals surface area contributed by atoms with Crippen molar-refractivity contribution in [3.63, 3.8) is 0 Å². The largest absolute Gasteiger partial charge is 0.397 e. The highest BCUT2D eigenvalue weighted by atomic mass is 79.9. The van der Waals surface area contributed by atoms with E-state index in [9.17, 15) is 4.39 Å². The normalized spacial score (nSPS) is 10.6. The second kappa shape index (κ2) is 4.63. The van der Waals surface area contributed by atoms with Gasteiger partial charge in [-0.05, 0) is 46.6 Å². The van der Waals surface area contributed by atoms with Crippen molar-refractivity contribution in [1.29, 1.82) is 0 Å². The van der Waals surface area contributed by atoms with E-state index in [-0.39, 0.29) is 5.02 Å². The van der Waals surface area contributed by atoms with Crippen LogP contribution < -0.4 is 5.73 Å².